The van der Waals surface area contributed by atoms with Crippen molar-refractivity contribution in [1.29, 1.82) is 0 Å². The lowest BCUT2D eigenvalue weighted by Crippen LogP contribution is -2.35. The molecular formula is C19H22N4O2. The van der Waals surface area contributed by atoms with Gasteiger partial charge in [-0.1, -0.05) is 24.3 Å². The molecule has 0 radical (unpaired) electrons. The first-order chi connectivity index (χ1) is 12.1. The summed E-state index contributed by atoms with van der Waals surface area (Å²) in [6, 6.07) is 7.62. The number of nitrogens with zero attached hydrogens (tertiary/aromatic N) is 3. The van der Waals surface area contributed by atoms with E-state index in [4.69, 9.17) is 0 Å². The molecule has 1 unspecified atom stereocenters. The van der Waals surface area contributed by atoms with Gasteiger partial charge in [-0.05, 0) is 23.6 Å². The van der Waals surface area contributed by atoms with Crippen LogP contribution in [0.25, 0.3) is 6.08 Å². The molecule has 6 nitrogen and oxygen atoms in total. The zero-order valence-electron chi connectivity index (χ0n) is 14.3. The number of benzene rings is 1. The van der Waals surface area contributed by atoms with Crippen molar-refractivity contribution in [2.75, 3.05) is 6.54 Å². The Morgan fingerprint density at radius 3 is 2.88 bits per heavy atom. The predicted molar refractivity (Wildman–Crippen MR) is 95.2 cm³/mol. The van der Waals surface area contributed by atoms with E-state index in [1.807, 2.05) is 41.1 Å². The number of rotatable bonds is 6. The summed E-state index contributed by atoms with van der Waals surface area (Å²) in [5, 5.41) is 2.95. The molecular weight excluding hydrogens is 316 g/mol. The van der Waals surface area contributed by atoms with Crippen molar-refractivity contribution in [2.24, 2.45) is 0 Å². The van der Waals surface area contributed by atoms with E-state index in [2.05, 4.69) is 10.3 Å². The Morgan fingerprint density at radius 2 is 2.12 bits per heavy atom. The summed E-state index contributed by atoms with van der Waals surface area (Å²) >= 11 is 0. The van der Waals surface area contributed by atoms with Crippen LogP contribution < -0.4 is 5.32 Å². The van der Waals surface area contributed by atoms with Gasteiger partial charge in [0.2, 0.25) is 11.8 Å². The van der Waals surface area contributed by atoms with E-state index in [1.165, 1.54) is 6.92 Å². The van der Waals surface area contributed by atoms with Crippen LogP contribution >= 0.6 is 0 Å². The number of amides is 2. The summed E-state index contributed by atoms with van der Waals surface area (Å²) in [6.07, 6.45) is 10.2. The standard InChI is InChI=1S/C19H22N4O2/c1-15(24)23-11-7-16-5-2-3-6-17(16)18(23)13-19(25)21-8-4-10-22-12-9-20-14-22/h2-3,5-7,9,11-12,14,18H,4,8,10,13H2,1H3,(H,21,25). The van der Waals surface area contributed by atoms with Crippen LogP contribution in [0.15, 0.2) is 49.2 Å². The number of hydrogen-bond donors (Lipinski definition) is 1. The molecule has 0 saturated carbocycles. The quantitative estimate of drug-likeness (QED) is 0.822. The summed E-state index contributed by atoms with van der Waals surface area (Å²) in [6.45, 7) is 2.93. The van der Waals surface area contributed by atoms with E-state index in [0.717, 1.165) is 24.1 Å². The summed E-state index contributed by atoms with van der Waals surface area (Å²) < 4.78 is 1.98. The van der Waals surface area contributed by atoms with Gasteiger partial charge >= 0.3 is 0 Å². The zero-order valence-corrected chi connectivity index (χ0v) is 14.3. The third-order valence-corrected chi connectivity index (χ3v) is 4.32. The van der Waals surface area contributed by atoms with Gasteiger partial charge in [0.25, 0.3) is 0 Å². The van der Waals surface area contributed by atoms with Crippen molar-refractivity contribution in [3.05, 3.63) is 60.3 Å². The van der Waals surface area contributed by atoms with E-state index in [0.29, 0.717) is 6.54 Å². The molecule has 0 fully saturated rings. The van der Waals surface area contributed by atoms with Crippen molar-refractivity contribution >= 4 is 17.9 Å². The molecule has 2 heterocycles. The molecule has 0 bridgehead atoms. The summed E-state index contributed by atoms with van der Waals surface area (Å²) in [4.78, 5) is 29.9. The number of imidazole rings is 1. The fourth-order valence-corrected chi connectivity index (χ4v) is 3.07. The summed E-state index contributed by atoms with van der Waals surface area (Å²) in [5.41, 5.74) is 2.06. The van der Waals surface area contributed by atoms with Gasteiger partial charge in [0, 0.05) is 38.6 Å². The number of carbonyl (C=O) groups excluding carboxylic acids is 2. The second-order valence-electron chi connectivity index (χ2n) is 6.09. The smallest absolute Gasteiger partial charge is 0.223 e. The van der Waals surface area contributed by atoms with Gasteiger partial charge in [-0.25, -0.2) is 4.98 Å². The Labute approximate surface area is 147 Å². The van der Waals surface area contributed by atoms with Gasteiger partial charge in [0.05, 0.1) is 18.8 Å². The highest BCUT2D eigenvalue weighted by Gasteiger charge is 2.27. The average molecular weight is 338 g/mol. The Hall–Kier alpha value is -2.89. The van der Waals surface area contributed by atoms with Crippen LogP contribution in [0, 0.1) is 0 Å². The van der Waals surface area contributed by atoms with E-state index < -0.39 is 0 Å². The molecule has 1 N–H and O–H groups in total. The fourth-order valence-electron chi connectivity index (χ4n) is 3.07. The van der Waals surface area contributed by atoms with Crippen molar-refractivity contribution < 1.29 is 9.59 Å². The van der Waals surface area contributed by atoms with Crippen molar-refractivity contribution in [1.82, 2.24) is 19.8 Å². The van der Waals surface area contributed by atoms with Crippen LogP contribution in [0.2, 0.25) is 0 Å². The molecule has 1 aliphatic rings. The normalized spacial score (nSPS) is 15.7. The Kier molecular flexibility index (Phi) is 5.28. The molecule has 2 aromatic rings. The number of nitrogens with one attached hydrogen (secondary N) is 1. The monoisotopic (exact) mass is 338 g/mol. The minimum absolute atomic E-state index is 0.0491. The maximum absolute atomic E-state index is 12.4. The third-order valence-electron chi connectivity index (χ3n) is 4.32. The Morgan fingerprint density at radius 1 is 1.28 bits per heavy atom. The van der Waals surface area contributed by atoms with Crippen molar-refractivity contribution in [2.45, 2.75) is 32.4 Å². The molecule has 0 aliphatic carbocycles. The second-order valence-corrected chi connectivity index (χ2v) is 6.09. The van der Waals surface area contributed by atoms with Gasteiger partial charge in [-0.15, -0.1) is 0 Å². The molecule has 130 valence electrons. The minimum atomic E-state index is -0.257. The fraction of sp³-hybridized carbons (Fsp3) is 0.316. The van der Waals surface area contributed by atoms with Crippen molar-refractivity contribution in [3.8, 4) is 0 Å². The molecule has 1 atom stereocenters. The van der Waals surface area contributed by atoms with Crippen LogP contribution in [0.5, 0.6) is 0 Å². The minimum Gasteiger partial charge on any atom is -0.356 e. The first-order valence-corrected chi connectivity index (χ1v) is 8.43. The lowest BCUT2D eigenvalue weighted by atomic mass is 9.93. The number of hydrogen-bond acceptors (Lipinski definition) is 3. The van der Waals surface area contributed by atoms with Gasteiger partial charge in [-0.3, -0.25) is 9.59 Å². The Bertz CT molecular complexity index is 767. The highest BCUT2D eigenvalue weighted by atomic mass is 16.2. The lowest BCUT2D eigenvalue weighted by molar-refractivity contribution is -0.129. The highest BCUT2D eigenvalue weighted by Crippen LogP contribution is 2.32. The van der Waals surface area contributed by atoms with Crippen LogP contribution in [-0.4, -0.2) is 32.8 Å². The molecule has 2 amide bonds. The van der Waals surface area contributed by atoms with Gasteiger partial charge in [0.15, 0.2) is 0 Å². The molecule has 0 saturated heterocycles. The molecule has 3 rings (SSSR count). The molecule has 1 aromatic carbocycles. The van der Waals surface area contributed by atoms with Crippen LogP contribution in [-0.2, 0) is 16.1 Å². The van der Waals surface area contributed by atoms with Gasteiger partial charge < -0.3 is 14.8 Å². The maximum atomic E-state index is 12.4. The SMILES string of the molecule is CC(=O)N1C=Cc2ccccc2C1CC(=O)NCCCn1ccnc1. The van der Waals surface area contributed by atoms with Gasteiger partial charge in [-0.2, -0.15) is 0 Å². The first kappa shape index (κ1) is 17.0. The lowest BCUT2D eigenvalue weighted by Gasteiger charge is -2.32. The van der Waals surface area contributed by atoms with E-state index in [9.17, 15) is 9.59 Å². The molecule has 1 aromatic heterocycles. The first-order valence-electron chi connectivity index (χ1n) is 8.43. The summed E-state index contributed by atoms with van der Waals surface area (Å²) in [7, 11) is 0. The number of carbonyl (C=O) groups is 2. The zero-order chi connectivity index (χ0) is 17.6. The number of fused-ring (bicyclic) bond motifs is 1. The third kappa shape index (κ3) is 4.15. The maximum Gasteiger partial charge on any atom is 0.223 e. The molecule has 25 heavy (non-hydrogen) atoms. The van der Waals surface area contributed by atoms with E-state index in [1.54, 1.807) is 23.6 Å². The average Bonchev–Trinajstić information content (AvgIpc) is 3.12. The number of aryl methyl sites for hydroxylation is 1. The summed E-state index contributed by atoms with van der Waals surface area (Å²) in [5.74, 6) is -0.115. The van der Waals surface area contributed by atoms with Gasteiger partial charge in [0.1, 0.15) is 0 Å². The highest BCUT2D eigenvalue weighted by molar-refractivity contribution is 5.81. The van der Waals surface area contributed by atoms with Crippen molar-refractivity contribution in [3.63, 3.8) is 0 Å². The second kappa shape index (κ2) is 7.79. The van der Waals surface area contributed by atoms with Crippen LogP contribution in [0.3, 0.4) is 0 Å². The van der Waals surface area contributed by atoms with Crippen LogP contribution in [0.4, 0.5) is 0 Å². The molecule has 6 heteroatoms. The van der Waals surface area contributed by atoms with Crippen LogP contribution in [0.1, 0.15) is 36.9 Å². The predicted octanol–water partition coefficient (Wildman–Crippen LogP) is 2.35. The van der Waals surface area contributed by atoms with E-state index >= 15 is 0 Å². The van der Waals surface area contributed by atoms with E-state index in [-0.39, 0.29) is 24.3 Å². The molecule has 0 spiro atoms. The largest absolute Gasteiger partial charge is 0.356 e. The Balaban J connectivity index is 1.58. The molecule has 1 aliphatic heterocycles. The number of aromatic nitrogens is 2. The topological polar surface area (TPSA) is 67.2 Å².